The van der Waals surface area contributed by atoms with E-state index in [0.717, 1.165) is 24.9 Å². The molecule has 1 aliphatic carbocycles. The number of rotatable bonds is 6. The van der Waals surface area contributed by atoms with Crippen molar-refractivity contribution in [3.05, 3.63) is 42.2 Å². The first kappa shape index (κ1) is 28.2. The number of hydrogen-bond acceptors (Lipinski definition) is 9. The quantitative estimate of drug-likeness (QED) is 0.494. The highest BCUT2D eigenvalue weighted by Crippen LogP contribution is 2.45. The highest BCUT2D eigenvalue weighted by atomic mass is 19.1. The minimum absolute atomic E-state index is 0.0727. The fourth-order valence-electron chi connectivity index (χ4n) is 7.51. The van der Waals surface area contributed by atoms with E-state index in [4.69, 9.17) is 9.47 Å². The van der Waals surface area contributed by atoms with Crippen LogP contribution in [0.4, 0.5) is 4.39 Å². The number of para-hydroxylation sites is 1. The van der Waals surface area contributed by atoms with Crippen molar-refractivity contribution in [3.63, 3.8) is 0 Å². The summed E-state index contributed by atoms with van der Waals surface area (Å²) >= 11 is 0. The molecule has 1 amide bonds. The van der Waals surface area contributed by atoms with E-state index in [9.17, 15) is 19.2 Å². The summed E-state index contributed by atoms with van der Waals surface area (Å²) in [7, 11) is 2.10. The number of ketones is 1. The van der Waals surface area contributed by atoms with E-state index in [1.807, 2.05) is 6.07 Å². The van der Waals surface area contributed by atoms with Crippen LogP contribution in [0.3, 0.4) is 0 Å². The highest BCUT2D eigenvalue weighted by molar-refractivity contribution is 5.95. The summed E-state index contributed by atoms with van der Waals surface area (Å²) in [6.45, 7) is 6.74. The number of Topliss-reactive ketones (excluding diaryl/α,β-unsaturated/α-hetero) is 1. The summed E-state index contributed by atoms with van der Waals surface area (Å²) in [6, 6.07) is 6.56. The molecule has 0 bridgehead atoms. The van der Waals surface area contributed by atoms with Gasteiger partial charge in [0.05, 0.1) is 37.3 Å². The first-order valence-corrected chi connectivity index (χ1v) is 14.7. The van der Waals surface area contributed by atoms with Crippen LogP contribution in [0.25, 0.3) is 0 Å². The van der Waals surface area contributed by atoms with Crippen LogP contribution in [0, 0.1) is 23.1 Å². The van der Waals surface area contributed by atoms with Gasteiger partial charge in [-0.25, -0.2) is 4.39 Å². The number of likely N-dealkylation sites (N-methyl/N-ethyl adjacent to an activating group) is 1. The predicted molar refractivity (Wildman–Crippen MR) is 148 cm³/mol. The number of nitrogens with zero attached hydrogens (tertiary/aromatic N) is 4. The van der Waals surface area contributed by atoms with Gasteiger partial charge in [-0.2, -0.15) is 5.26 Å². The molecule has 3 saturated heterocycles. The Hall–Kier alpha value is -2.88. The molecular formula is C30H39FN6O4. The van der Waals surface area contributed by atoms with Crippen LogP contribution in [-0.2, 0) is 20.7 Å². The van der Waals surface area contributed by atoms with Gasteiger partial charge >= 0.3 is 0 Å². The lowest BCUT2D eigenvalue weighted by molar-refractivity contribution is -0.157. The summed E-state index contributed by atoms with van der Waals surface area (Å²) < 4.78 is 27.1. The van der Waals surface area contributed by atoms with Crippen LogP contribution >= 0.6 is 0 Å². The Morgan fingerprint density at radius 1 is 1.29 bits per heavy atom. The number of piperazine rings is 1. The molecule has 7 atom stereocenters. The van der Waals surface area contributed by atoms with Crippen molar-refractivity contribution < 1.29 is 23.5 Å². The van der Waals surface area contributed by atoms with Gasteiger partial charge in [0, 0.05) is 43.6 Å². The third-order valence-corrected chi connectivity index (χ3v) is 9.74. The van der Waals surface area contributed by atoms with Crippen molar-refractivity contribution in [1.29, 1.82) is 5.26 Å². The predicted octanol–water partition coefficient (Wildman–Crippen LogP) is 1.37. The van der Waals surface area contributed by atoms with Crippen LogP contribution in [0.2, 0.25) is 0 Å². The minimum atomic E-state index is -1.10. The van der Waals surface area contributed by atoms with E-state index in [2.05, 4.69) is 40.1 Å². The summed E-state index contributed by atoms with van der Waals surface area (Å²) in [4.78, 5) is 33.0. The van der Waals surface area contributed by atoms with E-state index in [1.54, 1.807) is 11.0 Å². The van der Waals surface area contributed by atoms with Gasteiger partial charge in [-0.15, -0.1) is 0 Å². The second-order valence-corrected chi connectivity index (χ2v) is 12.1. The molecule has 0 aromatic heterocycles. The van der Waals surface area contributed by atoms with Gasteiger partial charge in [-0.1, -0.05) is 18.7 Å². The van der Waals surface area contributed by atoms with Crippen LogP contribution in [-0.4, -0.2) is 102 Å². The number of fused-ring (bicyclic) bond motifs is 2. The molecule has 4 fully saturated rings. The fraction of sp³-hybridized carbons (Fsp3) is 0.633. The molecule has 41 heavy (non-hydrogen) atoms. The Balaban J connectivity index is 1.24. The highest BCUT2D eigenvalue weighted by Gasteiger charge is 2.58. The van der Waals surface area contributed by atoms with Gasteiger partial charge in [0.1, 0.15) is 0 Å². The zero-order valence-corrected chi connectivity index (χ0v) is 23.6. The van der Waals surface area contributed by atoms with Gasteiger partial charge in [0.2, 0.25) is 5.91 Å². The maximum atomic E-state index is 14.6. The standard InChI is InChI=1S/C30H39FN6O4/c1-3-24(38)37-15-14-36(17-20(37)10-12-32)28-22-9-11-30(16-19-6-4-8-23(31)26(19)41-30)27(39)25(22)33-29(34-28)40-18-21-7-5-13-35(21)2/h3-4,6,8,20-22,25,28-29,33-34H,1,5,7,9-11,13-18H2,2H3/t20?,21?,22?,25?,28?,29?,30-/m0/s1. The lowest BCUT2D eigenvalue weighted by atomic mass is 9.70. The van der Waals surface area contributed by atoms with Gasteiger partial charge in [-0.3, -0.25) is 25.1 Å². The van der Waals surface area contributed by atoms with E-state index < -0.39 is 23.8 Å². The third-order valence-electron chi connectivity index (χ3n) is 9.74. The summed E-state index contributed by atoms with van der Waals surface area (Å²) in [5.74, 6) is -0.602. The Bertz CT molecular complexity index is 1240. The van der Waals surface area contributed by atoms with E-state index in [-0.39, 0.29) is 42.0 Å². The molecule has 2 N–H and O–H groups in total. The number of carbonyl (C=O) groups is 2. The molecule has 0 radical (unpaired) electrons. The van der Waals surface area contributed by atoms with Gasteiger partial charge in [0.15, 0.2) is 29.3 Å². The van der Waals surface area contributed by atoms with Crippen molar-refractivity contribution >= 4 is 11.7 Å². The van der Waals surface area contributed by atoms with Crippen LogP contribution in [0.1, 0.15) is 37.7 Å². The number of likely N-dealkylation sites (tertiary alicyclic amines) is 1. The minimum Gasteiger partial charge on any atom is -0.476 e. The molecule has 1 aromatic carbocycles. The molecule has 4 heterocycles. The second kappa shape index (κ2) is 11.4. The molecule has 5 aliphatic rings. The molecule has 4 aliphatic heterocycles. The van der Waals surface area contributed by atoms with Crippen molar-refractivity contribution in [2.24, 2.45) is 5.92 Å². The number of ether oxygens (including phenoxy) is 2. The lowest BCUT2D eigenvalue weighted by Gasteiger charge is -2.53. The summed E-state index contributed by atoms with van der Waals surface area (Å²) in [6.07, 6.45) is 4.44. The average Bonchev–Trinajstić information content (AvgIpc) is 3.57. The number of carbonyl (C=O) groups excluding carboxylic acids is 2. The van der Waals surface area contributed by atoms with Gasteiger partial charge in [0.25, 0.3) is 0 Å². The molecule has 220 valence electrons. The Morgan fingerprint density at radius 2 is 2.15 bits per heavy atom. The van der Waals surface area contributed by atoms with Crippen molar-refractivity contribution in [2.75, 3.05) is 39.8 Å². The first-order valence-electron chi connectivity index (χ1n) is 14.7. The maximum Gasteiger partial charge on any atom is 0.246 e. The SMILES string of the molecule is C=CC(=O)N1CCN(C2NC(OCC3CCCN3C)NC3C(=O)[C@]4(CCC32)Cc2cccc(F)c2O4)CC1CC#N. The van der Waals surface area contributed by atoms with Crippen LogP contribution in [0.5, 0.6) is 5.75 Å². The Morgan fingerprint density at radius 3 is 2.88 bits per heavy atom. The van der Waals surface area contributed by atoms with Crippen LogP contribution in [0.15, 0.2) is 30.9 Å². The topological polar surface area (TPSA) is 110 Å². The molecule has 11 heteroatoms. The lowest BCUT2D eigenvalue weighted by Crippen LogP contribution is -2.75. The summed E-state index contributed by atoms with van der Waals surface area (Å²) in [5.41, 5.74) is -0.378. The number of hydrogen-bond donors (Lipinski definition) is 2. The average molecular weight is 567 g/mol. The Labute approximate surface area is 240 Å². The molecule has 6 unspecified atom stereocenters. The van der Waals surface area contributed by atoms with E-state index in [0.29, 0.717) is 51.5 Å². The first-order chi connectivity index (χ1) is 19.8. The third kappa shape index (κ3) is 5.17. The zero-order chi connectivity index (χ0) is 28.7. The maximum absolute atomic E-state index is 14.6. The number of nitriles is 1. The molecule has 6 rings (SSSR count). The zero-order valence-electron chi connectivity index (χ0n) is 23.6. The number of benzene rings is 1. The van der Waals surface area contributed by atoms with E-state index >= 15 is 0 Å². The monoisotopic (exact) mass is 566 g/mol. The smallest absolute Gasteiger partial charge is 0.246 e. The second-order valence-electron chi connectivity index (χ2n) is 12.1. The van der Waals surface area contributed by atoms with E-state index in [1.165, 1.54) is 12.1 Å². The molecule has 1 saturated carbocycles. The number of nitrogens with one attached hydrogen (secondary N) is 2. The van der Waals surface area contributed by atoms with Crippen molar-refractivity contribution in [1.82, 2.24) is 25.3 Å². The largest absolute Gasteiger partial charge is 0.476 e. The van der Waals surface area contributed by atoms with Crippen molar-refractivity contribution in [3.8, 4) is 11.8 Å². The summed E-state index contributed by atoms with van der Waals surface area (Å²) in [5, 5.41) is 16.6. The van der Waals surface area contributed by atoms with Gasteiger partial charge < -0.3 is 19.3 Å². The molecule has 10 nitrogen and oxygen atoms in total. The molecular weight excluding hydrogens is 527 g/mol. The van der Waals surface area contributed by atoms with Crippen molar-refractivity contribution in [2.45, 2.75) is 74.8 Å². The fourth-order valence-corrected chi connectivity index (χ4v) is 7.51. The van der Waals surface area contributed by atoms with Gasteiger partial charge in [-0.05, 0) is 51.4 Å². The molecule has 1 aromatic rings. The molecule has 1 spiro atoms. The number of amides is 1. The number of halogens is 1. The normalized spacial score (nSPS) is 35.5. The Kier molecular flexibility index (Phi) is 7.87. The van der Waals surface area contributed by atoms with Crippen LogP contribution < -0.4 is 15.4 Å².